The molecule has 0 aliphatic rings. The number of nitrogens with zero attached hydrogens (tertiary/aromatic N) is 1. The number of benzene rings is 1. The van der Waals surface area contributed by atoms with Gasteiger partial charge in [0.2, 0.25) is 0 Å². The summed E-state index contributed by atoms with van der Waals surface area (Å²) in [4.78, 5) is 4.36. The van der Waals surface area contributed by atoms with Gasteiger partial charge in [-0.15, -0.1) is 12.4 Å². The lowest BCUT2D eigenvalue weighted by Crippen LogP contribution is -2.13. The van der Waals surface area contributed by atoms with Crippen LogP contribution in [-0.4, -0.2) is 11.5 Å². The predicted molar refractivity (Wildman–Crippen MR) is 79.2 cm³/mol. The minimum atomic E-state index is -0.0943. The Morgan fingerprint density at radius 1 is 1.28 bits per heavy atom. The first-order chi connectivity index (χ1) is 8.22. The van der Waals surface area contributed by atoms with E-state index in [4.69, 9.17) is 23.1 Å². The molecule has 0 fully saturated rings. The smallest absolute Gasteiger partial charge is 0.134 e. The van der Waals surface area contributed by atoms with Crippen molar-refractivity contribution in [2.24, 2.45) is 11.5 Å². The fourth-order valence-electron chi connectivity index (χ4n) is 1.86. The van der Waals surface area contributed by atoms with E-state index >= 15 is 0 Å². The fourth-order valence-corrected chi connectivity index (χ4v) is 2.15. The van der Waals surface area contributed by atoms with Crippen molar-refractivity contribution in [2.75, 3.05) is 6.54 Å². The molecule has 18 heavy (non-hydrogen) atoms. The Morgan fingerprint density at radius 2 is 2.00 bits per heavy atom. The quantitative estimate of drug-likeness (QED) is 0.849. The standard InChI is InChI=1S/C13H16ClN3.ClH/c14-13-10(11(16)5-3-7-15)8-9-4-1-2-6-12(9)17-13;/h1-2,4,6,8,11H,3,5,7,15-16H2;1H/t11-;/m1./s1. The number of fused-ring (bicyclic) bond motifs is 1. The van der Waals surface area contributed by atoms with E-state index in [1.165, 1.54) is 0 Å². The normalized spacial score (nSPS) is 12.2. The number of halogens is 2. The van der Waals surface area contributed by atoms with Crippen LogP contribution in [0.4, 0.5) is 0 Å². The molecule has 0 amide bonds. The third-order valence-corrected chi connectivity index (χ3v) is 3.13. The Labute approximate surface area is 118 Å². The van der Waals surface area contributed by atoms with Gasteiger partial charge in [0.05, 0.1) is 5.52 Å². The molecular weight excluding hydrogens is 269 g/mol. The van der Waals surface area contributed by atoms with E-state index in [0.29, 0.717) is 11.7 Å². The molecule has 0 unspecified atom stereocenters. The molecule has 1 heterocycles. The van der Waals surface area contributed by atoms with Crippen molar-refractivity contribution in [1.29, 1.82) is 0 Å². The number of rotatable bonds is 4. The molecule has 1 aromatic carbocycles. The molecular formula is C13H17Cl2N3. The van der Waals surface area contributed by atoms with Crippen LogP contribution in [0.2, 0.25) is 5.15 Å². The van der Waals surface area contributed by atoms with Crippen LogP contribution in [0.3, 0.4) is 0 Å². The topological polar surface area (TPSA) is 64.9 Å². The van der Waals surface area contributed by atoms with E-state index in [1.54, 1.807) is 0 Å². The second-order valence-corrected chi connectivity index (χ2v) is 4.46. The molecule has 1 aromatic heterocycles. The third kappa shape index (κ3) is 3.33. The maximum atomic E-state index is 6.15. The summed E-state index contributed by atoms with van der Waals surface area (Å²) >= 11 is 6.15. The molecule has 0 spiro atoms. The van der Waals surface area contributed by atoms with Gasteiger partial charge in [-0.3, -0.25) is 0 Å². The SMILES string of the molecule is Cl.NCCC[C@@H](N)c1cc2ccccc2nc1Cl. The number of pyridine rings is 1. The zero-order valence-corrected chi connectivity index (χ0v) is 11.5. The maximum Gasteiger partial charge on any atom is 0.134 e. The van der Waals surface area contributed by atoms with Gasteiger partial charge in [-0.05, 0) is 31.5 Å². The van der Waals surface area contributed by atoms with Crippen LogP contribution in [0.25, 0.3) is 10.9 Å². The zero-order valence-electron chi connectivity index (χ0n) is 9.97. The second-order valence-electron chi connectivity index (χ2n) is 4.10. The minimum absolute atomic E-state index is 0. The highest BCUT2D eigenvalue weighted by Crippen LogP contribution is 2.26. The van der Waals surface area contributed by atoms with Crippen molar-refractivity contribution in [3.05, 3.63) is 41.0 Å². The molecule has 0 saturated carbocycles. The molecule has 0 saturated heterocycles. The maximum absolute atomic E-state index is 6.15. The number of hydrogen-bond donors (Lipinski definition) is 2. The molecule has 1 atom stereocenters. The summed E-state index contributed by atoms with van der Waals surface area (Å²) in [5, 5.41) is 1.56. The molecule has 3 nitrogen and oxygen atoms in total. The van der Waals surface area contributed by atoms with Crippen LogP contribution in [0.5, 0.6) is 0 Å². The lowest BCUT2D eigenvalue weighted by Gasteiger charge is -2.13. The molecule has 5 heteroatoms. The van der Waals surface area contributed by atoms with E-state index in [0.717, 1.165) is 29.3 Å². The fraction of sp³-hybridized carbons (Fsp3) is 0.308. The van der Waals surface area contributed by atoms with Crippen molar-refractivity contribution in [3.63, 3.8) is 0 Å². The molecule has 0 aliphatic heterocycles. The monoisotopic (exact) mass is 285 g/mol. The van der Waals surface area contributed by atoms with Crippen molar-refractivity contribution < 1.29 is 0 Å². The Balaban J connectivity index is 0.00000162. The van der Waals surface area contributed by atoms with Crippen LogP contribution in [0.15, 0.2) is 30.3 Å². The van der Waals surface area contributed by atoms with Crippen LogP contribution >= 0.6 is 24.0 Å². The Hall–Kier alpha value is -0.870. The van der Waals surface area contributed by atoms with Gasteiger partial charge in [-0.25, -0.2) is 4.98 Å². The van der Waals surface area contributed by atoms with Crippen molar-refractivity contribution in [1.82, 2.24) is 4.98 Å². The van der Waals surface area contributed by atoms with Gasteiger partial charge in [0.1, 0.15) is 5.15 Å². The Bertz CT molecular complexity index is 517. The Kier molecular flexibility index (Phi) is 5.82. The lowest BCUT2D eigenvalue weighted by molar-refractivity contribution is 0.617. The molecule has 98 valence electrons. The van der Waals surface area contributed by atoms with Gasteiger partial charge in [0.25, 0.3) is 0 Å². The molecule has 2 aromatic rings. The molecule has 0 bridgehead atoms. The molecule has 0 aliphatic carbocycles. The van der Waals surface area contributed by atoms with Gasteiger partial charge in [-0.2, -0.15) is 0 Å². The zero-order chi connectivity index (χ0) is 12.3. The van der Waals surface area contributed by atoms with Crippen LogP contribution in [0, 0.1) is 0 Å². The first kappa shape index (κ1) is 15.2. The largest absolute Gasteiger partial charge is 0.330 e. The van der Waals surface area contributed by atoms with E-state index in [2.05, 4.69) is 4.98 Å². The summed E-state index contributed by atoms with van der Waals surface area (Å²) in [6, 6.07) is 9.80. The highest BCUT2D eigenvalue weighted by molar-refractivity contribution is 6.30. The van der Waals surface area contributed by atoms with Crippen molar-refractivity contribution in [3.8, 4) is 0 Å². The Morgan fingerprint density at radius 3 is 2.72 bits per heavy atom. The van der Waals surface area contributed by atoms with E-state index < -0.39 is 0 Å². The number of para-hydroxylation sites is 1. The van der Waals surface area contributed by atoms with Crippen molar-refractivity contribution >= 4 is 34.9 Å². The lowest BCUT2D eigenvalue weighted by atomic mass is 10.0. The van der Waals surface area contributed by atoms with Gasteiger partial charge < -0.3 is 11.5 Å². The minimum Gasteiger partial charge on any atom is -0.330 e. The number of aromatic nitrogens is 1. The van der Waals surface area contributed by atoms with E-state index in [-0.39, 0.29) is 18.4 Å². The second kappa shape index (κ2) is 6.90. The molecule has 0 radical (unpaired) electrons. The summed E-state index contributed by atoms with van der Waals surface area (Å²) < 4.78 is 0. The summed E-state index contributed by atoms with van der Waals surface area (Å²) in [6.45, 7) is 0.645. The van der Waals surface area contributed by atoms with Gasteiger partial charge in [-0.1, -0.05) is 29.8 Å². The highest BCUT2D eigenvalue weighted by atomic mass is 35.5. The third-order valence-electron chi connectivity index (χ3n) is 2.82. The van der Waals surface area contributed by atoms with Crippen molar-refractivity contribution in [2.45, 2.75) is 18.9 Å². The van der Waals surface area contributed by atoms with Crippen LogP contribution in [-0.2, 0) is 0 Å². The number of nitrogens with two attached hydrogens (primary N) is 2. The molecule has 4 N–H and O–H groups in total. The summed E-state index contributed by atoms with van der Waals surface area (Å²) in [6.07, 6.45) is 1.72. The van der Waals surface area contributed by atoms with E-state index in [9.17, 15) is 0 Å². The van der Waals surface area contributed by atoms with Gasteiger partial charge >= 0.3 is 0 Å². The predicted octanol–water partition coefficient (Wildman–Crippen LogP) is 3.05. The summed E-state index contributed by atoms with van der Waals surface area (Å²) in [7, 11) is 0. The molecule has 2 rings (SSSR count). The summed E-state index contributed by atoms with van der Waals surface area (Å²) in [5.74, 6) is 0. The first-order valence-electron chi connectivity index (χ1n) is 5.73. The highest BCUT2D eigenvalue weighted by Gasteiger charge is 2.12. The average molecular weight is 286 g/mol. The van der Waals surface area contributed by atoms with Gasteiger partial charge in [0, 0.05) is 17.0 Å². The average Bonchev–Trinajstić information content (AvgIpc) is 2.35. The van der Waals surface area contributed by atoms with E-state index in [1.807, 2.05) is 30.3 Å². The number of hydrogen-bond acceptors (Lipinski definition) is 3. The van der Waals surface area contributed by atoms with Gasteiger partial charge in [0.15, 0.2) is 0 Å². The first-order valence-corrected chi connectivity index (χ1v) is 6.11. The van der Waals surface area contributed by atoms with Crippen LogP contribution < -0.4 is 11.5 Å². The van der Waals surface area contributed by atoms with Crippen LogP contribution in [0.1, 0.15) is 24.4 Å². The summed E-state index contributed by atoms with van der Waals surface area (Å²) in [5.41, 5.74) is 13.4.